The molecule has 10 nitrogen and oxygen atoms in total. The van der Waals surface area contributed by atoms with Crippen LogP contribution in [0.5, 0.6) is 0 Å². The minimum absolute atomic E-state index is 0.0398. The van der Waals surface area contributed by atoms with E-state index in [1.165, 1.54) is 4.90 Å². The number of carbonyl (C=O) groups excluding carboxylic acids is 3. The molecule has 1 rings (SSSR count). The maximum Gasteiger partial charge on any atom is 0.410 e. The second-order valence-corrected chi connectivity index (χ2v) is 7.24. The summed E-state index contributed by atoms with van der Waals surface area (Å²) in [7, 11) is 0. The van der Waals surface area contributed by atoms with Gasteiger partial charge in [0.2, 0.25) is 5.91 Å². The first-order valence-corrected chi connectivity index (χ1v) is 8.64. The molecule has 1 heterocycles. The van der Waals surface area contributed by atoms with Crippen molar-refractivity contribution in [2.75, 3.05) is 13.1 Å². The molecule has 0 aromatic carbocycles. The average molecular weight is 371 g/mol. The van der Waals surface area contributed by atoms with E-state index >= 15 is 0 Å². The average Bonchev–Trinajstić information content (AvgIpc) is 2.97. The van der Waals surface area contributed by atoms with Gasteiger partial charge in [0.1, 0.15) is 11.6 Å². The van der Waals surface area contributed by atoms with E-state index in [9.17, 15) is 19.5 Å². The highest BCUT2D eigenvalue weighted by atomic mass is 16.6. The minimum atomic E-state index is -1.38. The maximum atomic E-state index is 12.5. The van der Waals surface area contributed by atoms with E-state index in [1.807, 2.05) is 0 Å². The Bertz CT molecular complexity index is 554. The quantitative estimate of drug-likeness (QED) is 0.207. The second-order valence-electron chi connectivity index (χ2n) is 7.24. The van der Waals surface area contributed by atoms with Gasteiger partial charge in [-0.2, -0.15) is 0 Å². The van der Waals surface area contributed by atoms with Gasteiger partial charge in [-0.25, -0.2) is 4.79 Å². The monoisotopic (exact) mass is 371 g/mol. The highest BCUT2D eigenvalue weighted by Crippen LogP contribution is 2.21. The zero-order valence-electron chi connectivity index (χ0n) is 15.5. The number of carbonyl (C=O) groups is 3. The fourth-order valence-electron chi connectivity index (χ4n) is 2.63. The van der Waals surface area contributed by atoms with Crippen LogP contribution in [0.15, 0.2) is 0 Å². The van der Waals surface area contributed by atoms with Crippen LogP contribution >= 0.6 is 0 Å². The molecule has 1 fully saturated rings. The van der Waals surface area contributed by atoms with E-state index < -0.39 is 35.7 Å². The zero-order chi connectivity index (χ0) is 19.9. The number of carboxylic acid groups (broad SMARTS) is 1. The van der Waals surface area contributed by atoms with Crippen molar-refractivity contribution in [2.24, 2.45) is 11.5 Å². The number of carboxylic acids is 1. The molecule has 0 spiro atoms. The molecule has 0 aromatic rings. The molecule has 2 amide bonds. The summed E-state index contributed by atoms with van der Waals surface area (Å²) in [5.41, 5.74) is 9.83. The Morgan fingerprint density at radius 1 is 1.35 bits per heavy atom. The van der Waals surface area contributed by atoms with Gasteiger partial charge in [-0.3, -0.25) is 26.2 Å². The largest absolute Gasteiger partial charge is 0.548 e. The number of ether oxygens (including phenoxy) is 1. The number of hydrogen-bond donors (Lipinski definition) is 4. The number of aliphatic carboxylic acids is 1. The standard InChI is InChI=1S/C16H29N5O5/c1-16(2,3)26-15(25)21-9-5-7-11(21)12(22)20-10(13(23)24)6-4-8-19-14(17)18/h10-11H,4-9H2,1-3H3,(H,20,22)(H,23,24)(H4,17,18,19)/t10-,11+/m0/s1. The SMILES string of the molecule is CC(C)(C)OC(=O)N1CCC[C@@H]1C(=O)N[C@@H](CCC[NH+]=C(N)N)C(=O)[O-]. The smallest absolute Gasteiger partial charge is 0.410 e. The molecule has 10 heteroatoms. The normalized spacial score (nSPS) is 18.1. The molecule has 0 bridgehead atoms. The van der Waals surface area contributed by atoms with Gasteiger partial charge in [0.05, 0.1) is 18.6 Å². The van der Waals surface area contributed by atoms with Gasteiger partial charge in [0.25, 0.3) is 0 Å². The third-order valence-electron chi connectivity index (χ3n) is 3.78. The zero-order valence-corrected chi connectivity index (χ0v) is 15.5. The topological polar surface area (TPSA) is 165 Å². The lowest BCUT2D eigenvalue weighted by Crippen LogP contribution is -2.78. The first-order chi connectivity index (χ1) is 12.0. The Labute approximate surface area is 152 Å². The Morgan fingerprint density at radius 3 is 2.54 bits per heavy atom. The van der Waals surface area contributed by atoms with Crippen LogP contribution < -0.4 is 26.9 Å². The first kappa shape index (κ1) is 21.5. The molecule has 1 saturated heterocycles. The summed E-state index contributed by atoms with van der Waals surface area (Å²) in [5.74, 6) is -1.87. The predicted octanol–water partition coefficient (Wildman–Crippen LogP) is -3.25. The molecule has 2 atom stereocenters. The Morgan fingerprint density at radius 2 is 2.00 bits per heavy atom. The number of amides is 2. The van der Waals surface area contributed by atoms with E-state index in [-0.39, 0.29) is 12.4 Å². The van der Waals surface area contributed by atoms with Gasteiger partial charge in [-0.1, -0.05) is 0 Å². The van der Waals surface area contributed by atoms with Gasteiger partial charge < -0.3 is 20.0 Å². The fourth-order valence-corrected chi connectivity index (χ4v) is 2.63. The third kappa shape index (κ3) is 7.16. The van der Waals surface area contributed by atoms with E-state index in [1.54, 1.807) is 20.8 Å². The molecule has 0 aromatic heterocycles. The van der Waals surface area contributed by atoms with Crippen molar-refractivity contribution in [2.45, 2.75) is 64.1 Å². The van der Waals surface area contributed by atoms with Crippen molar-refractivity contribution in [1.29, 1.82) is 0 Å². The third-order valence-corrected chi connectivity index (χ3v) is 3.78. The van der Waals surface area contributed by atoms with E-state index in [2.05, 4.69) is 10.3 Å². The van der Waals surface area contributed by atoms with Crippen LogP contribution in [-0.2, 0) is 14.3 Å². The molecule has 0 saturated carbocycles. The Kier molecular flexibility index (Phi) is 7.66. The number of guanidine groups is 1. The summed E-state index contributed by atoms with van der Waals surface area (Å²) in [6, 6.07) is -1.91. The summed E-state index contributed by atoms with van der Waals surface area (Å²) in [6.45, 7) is 5.97. The van der Waals surface area contributed by atoms with Crippen molar-refractivity contribution in [3.8, 4) is 0 Å². The lowest BCUT2D eigenvalue weighted by atomic mass is 10.1. The van der Waals surface area contributed by atoms with Crippen LogP contribution in [0.3, 0.4) is 0 Å². The Balaban J connectivity index is 2.65. The molecule has 0 unspecified atom stereocenters. The lowest BCUT2D eigenvalue weighted by Gasteiger charge is -2.29. The number of nitrogens with two attached hydrogens (primary N) is 2. The number of nitrogens with zero attached hydrogens (tertiary/aromatic N) is 1. The minimum Gasteiger partial charge on any atom is -0.548 e. The van der Waals surface area contributed by atoms with Gasteiger partial charge in [-0.15, -0.1) is 0 Å². The van der Waals surface area contributed by atoms with Gasteiger partial charge in [-0.05, 0) is 46.5 Å². The summed E-state index contributed by atoms with van der Waals surface area (Å²) >= 11 is 0. The molecule has 1 aliphatic rings. The van der Waals surface area contributed by atoms with Crippen LogP contribution in [0.1, 0.15) is 46.5 Å². The van der Waals surface area contributed by atoms with Crippen molar-refractivity contribution >= 4 is 23.9 Å². The number of nitrogens with one attached hydrogen (secondary N) is 2. The van der Waals surface area contributed by atoms with Crippen molar-refractivity contribution in [3.05, 3.63) is 0 Å². The molecular weight excluding hydrogens is 342 g/mol. The molecule has 6 N–H and O–H groups in total. The molecule has 26 heavy (non-hydrogen) atoms. The fraction of sp³-hybridized carbons (Fsp3) is 0.750. The van der Waals surface area contributed by atoms with E-state index in [4.69, 9.17) is 16.2 Å². The summed E-state index contributed by atoms with van der Waals surface area (Å²) in [5, 5.41) is 13.7. The molecule has 148 valence electrons. The van der Waals surface area contributed by atoms with Crippen LogP contribution in [0.25, 0.3) is 0 Å². The van der Waals surface area contributed by atoms with Gasteiger partial charge in [0, 0.05) is 6.54 Å². The highest BCUT2D eigenvalue weighted by Gasteiger charge is 2.37. The van der Waals surface area contributed by atoms with Gasteiger partial charge >= 0.3 is 12.1 Å². The molecule has 0 aliphatic carbocycles. The van der Waals surface area contributed by atoms with Crippen molar-refractivity contribution in [3.63, 3.8) is 0 Å². The number of rotatable bonds is 7. The van der Waals surface area contributed by atoms with Gasteiger partial charge in [0.15, 0.2) is 0 Å². The van der Waals surface area contributed by atoms with E-state index in [0.29, 0.717) is 32.4 Å². The van der Waals surface area contributed by atoms with Crippen LogP contribution in [0.2, 0.25) is 0 Å². The van der Waals surface area contributed by atoms with Crippen molar-refractivity contribution in [1.82, 2.24) is 10.2 Å². The highest BCUT2D eigenvalue weighted by molar-refractivity contribution is 5.89. The number of likely N-dealkylation sites (tertiary alicyclic amines) is 1. The maximum absolute atomic E-state index is 12.5. The lowest BCUT2D eigenvalue weighted by molar-refractivity contribution is -0.459. The summed E-state index contributed by atoms with van der Waals surface area (Å²) < 4.78 is 5.30. The first-order valence-electron chi connectivity index (χ1n) is 8.64. The summed E-state index contributed by atoms with van der Waals surface area (Å²) in [6.07, 6.45) is 1.07. The summed E-state index contributed by atoms with van der Waals surface area (Å²) in [4.78, 5) is 40.0. The van der Waals surface area contributed by atoms with Crippen LogP contribution in [-0.4, -0.2) is 59.6 Å². The Hall–Kier alpha value is -2.52. The van der Waals surface area contributed by atoms with E-state index in [0.717, 1.165) is 0 Å². The molecule has 0 radical (unpaired) electrons. The van der Waals surface area contributed by atoms with Crippen molar-refractivity contribution < 1.29 is 29.2 Å². The molecule has 1 aliphatic heterocycles. The molecular formula is C16H29N5O5. The van der Waals surface area contributed by atoms with Crippen LogP contribution in [0.4, 0.5) is 4.79 Å². The second kappa shape index (κ2) is 9.25. The van der Waals surface area contributed by atoms with Crippen LogP contribution in [0, 0.1) is 0 Å². The predicted molar refractivity (Wildman–Crippen MR) is 91.3 cm³/mol. The number of hydrogen-bond acceptors (Lipinski definition) is 5.